The number of ether oxygens (including phenoxy) is 2. The number of nitrogens with one attached hydrogen (secondary N) is 1. The van der Waals surface area contributed by atoms with Crippen molar-refractivity contribution >= 4 is 0 Å². The minimum atomic E-state index is -0.687. The predicted octanol–water partition coefficient (Wildman–Crippen LogP) is 2.58. The van der Waals surface area contributed by atoms with Gasteiger partial charge in [-0.2, -0.15) is 0 Å². The molecule has 4 heteroatoms. The lowest BCUT2D eigenvalue weighted by Crippen LogP contribution is -2.22. The third kappa shape index (κ3) is 6.93. The molecule has 0 fully saturated rings. The highest BCUT2D eigenvalue weighted by Gasteiger charge is 2.13. The third-order valence-corrected chi connectivity index (χ3v) is 3.29. The fourth-order valence-corrected chi connectivity index (χ4v) is 2.18. The van der Waals surface area contributed by atoms with Crippen molar-refractivity contribution in [1.82, 2.24) is 5.32 Å². The Bertz CT molecular complexity index is 415. The number of hydrogen-bond acceptors (Lipinski definition) is 4. The zero-order valence-corrected chi connectivity index (χ0v) is 14.0. The second-order valence-electron chi connectivity index (χ2n) is 6.14. The van der Waals surface area contributed by atoms with Crippen molar-refractivity contribution in [2.45, 2.75) is 46.3 Å². The number of benzene rings is 1. The predicted molar refractivity (Wildman–Crippen MR) is 85.9 cm³/mol. The lowest BCUT2D eigenvalue weighted by molar-refractivity contribution is 0.0551. The fourth-order valence-electron chi connectivity index (χ4n) is 2.18. The number of methoxy groups -OCH3 is 1. The van der Waals surface area contributed by atoms with Gasteiger partial charge in [-0.05, 0) is 44.4 Å². The van der Waals surface area contributed by atoms with Crippen molar-refractivity contribution in [3.63, 3.8) is 0 Å². The Morgan fingerprint density at radius 2 is 1.76 bits per heavy atom. The fraction of sp³-hybridized carbons (Fsp3) is 0.647. The van der Waals surface area contributed by atoms with Crippen LogP contribution in [0, 0.1) is 13.8 Å². The number of hydrogen-bond donors (Lipinski definition) is 2. The van der Waals surface area contributed by atoms with E-state index >= 15 is 0 Å². The molecule has 2 N–H and O–H groups in total. The van der Waals surface area contributed by atoms with E-state index in [0.717, 1.165) is 36.6 Å². The van der Waals surface area contributed by atoms with Gasteiger partial charge in [0.2, 0.25) is 0 Å². The first-order valence-electron chi connectivity index (χ1n) is 7.48. The quantitative estimate of drug-likeness (QED) is 0.688. The Balaban J connectivity index is 2.58. The van der Waals surface area contributed by atoms with Crippen molar-refractivity contribution < 1.29 is 14.6 Å². The Morgan fingerprint density at radius 1 is 1.14 bits per heavy atom. The molecular formula is C17H29NO3. The van der Waals surface area contributed by atoms with E-state index in [1.807, 2.05) is 0 Å². The van der Waals surface area contributed by atoms with Gasteiger partial charge in [-0.15, -0.1) is 0 Å². The summed E-state index contributed by atoms with van der Waals surface area (Å²) < 4.78 is 10.9. The molecule has 1 aromatic carbocycles. The molecule has 0 aromatic heterocycles. The molecule has 120 valence electrons. The van der Waals surface area contributed by atoms with Gasteiger partial charge in [-0.1, -0.05) is 12.1 Å². The molecule has 0 unspecified atom stereocenters. The SMILES string of the molecule is COCCNCc1cc(C)c(OCCC(C)(C)O)c(C)c1. The van der Waals surface area contributed by atoms with Crippen LogP contribution in [0.4, 0.5) is 0 Å². The summed E-state index contributed by atoms with van der Waals surface area (Å²) in [7, 11) is 1.70. The van der Waals surface area contributed by atoms with Crippen LogP contribution in [0.3, 0.4) is 0 Å². The van der Waals surface area contributed by atoms with Crippen molar-refractivity contribution in [1.29, 1.82) is 0 Å². The zero-order valence-electron chi connectivity index (χ0n) is 14.0. The number of aryl methyl sites for hydroxylation is 2. The summed E-state index contributed by atoms with van der Waals surface area (Å²) in [6.07, 6.45) is 0.617. The van der Waals surface area contributed by atoms with Crippen molar-refractivity contribution in [3.05, 3.63) is 28.8 Å². The summed E-state index contributed by atoms with van der Waals surface area (Å²) in [5.41, 5.74) is 2.83. The molecule has 0 aliphatic rings. The van der Waals surface area contributed by atoms with Crippen molar-refractivity contribution in [2.24, 2.45) is 0 Å². The van der Waals surface area contributed by atoms with Gasteiger partial charge in [-0.25, -0.2) is 0 Å². The zero-order chi connectivity index (χ0) is 15.9. The van der Waals surface area contributed by atoms with E-state index in [9.17, 15) is 5.11 Å². The maximum absolute atomic E-state index is 9.72. The molecule has 0 amide bonds. The molecule has 0 spiro atoms. The molecule has 0 aliphatic carbocycles. The maximum atomic E-state index is 9.72. The van der Waals surface area contributed by atoms with E-state index in [1.165, 1.54) is 5.56 Å². The first-order valence-corrected chi connectivity index (χ1v) is 7.48. The molecule has 0 radical (unpaired) electrons. The molecule has 0 saturated heterocycles. The normalized spacial score (nSPS) is 11.7. The van der Waals surface area contributed by atoms with Gasteiger partial charge in [-0.3, -0.25) is 0 Å². The van der Waals surface area contributed by atoms with Gasteiger partial charge in [0.05, 0.1) is 18.8 Å². The van der Waals surface area contributed by atoms with Crippen LogP contribution in [0.25, 0.3) is 0 Å². The van der Waals surface area contributed by atoms with Crippen LogP contribution >= 0.6 is 0 Å². The van der Waals surface area contributed by atoms with Crippen LogP contribution in [0.5, 0.6) is 5.75 Å². The van der Waals surface area contributed by atoms with Crippen LogP contribution in [-0.4, -0.2) is 37.6 Å². The van der Waals surface area contributed by atoms with E-state index in [4.69, 9.17) is 9.47 Å². The largest absolute Gasteiger partial charge is 0.493 e. The maximum Gasteiger partial charge on any atom is 0.125 e. The van der Waals surface area contributed by atoms with Gasteiger partial charge in [0.1, 0.15) is 5.75 Å². The third-order valence-electron chi connectivity index (χ3n) is 3.29. The number of aliphatic hydroxyl groups is 1. The van der Waals surface area contributed by atoms with E-state index in [2.05, 4.69) is 31.3 Å². The van der Waals surface area contributed by atoms with Gasteiger partial charge in [0.15, 0.2) is 0 Å². The molecular weight excluding hydrogens is 266 g/mol. The van der Waals surface area contributed by atoms with Gasteiger partial charge < -0.3 is 19.9 Å². The first kappa shape index (κ1) is 18.0. The van der Waals surface area contributed by atoms with Gasteiger partial charge in [0.25, 0.3) is 0 Å². The average molecular weight is 295 g/mol. The van der Waals surface area contributed by atoms with Crippen LogP contribution in [0.15, 0.2) is 12.1 Å². The van der Waals surface area contributed by atoms with E-state index < -0.39 is 5.60 Å². The van der Waals surface area contributed by atoms with Gasteiger partial charge >= 0.3 is 0 Å². The molecule has 0 heterocycles. The Morgan fingerprint density at radius 3 is 2.29 bits per heavy atom. The molecule has 0 atom stereocenters. The average Bonchev–Trinajstić information content (AvgIpc) is 2.37. The molecule has 1 rings (SSSR count). The van der Waals surface area contributed by atoms with Crippen molar-refractivity contribution in [3.8, 4) is 5.75 Å². The highest BCUT2D eigenvalue weighted by Crippen LogP contribution is 2.25. The topological polar surface area (TPSA) is 50.7 Å². The highest BCUT2D eigenvalue weighted by atomic mass is 16.5. The number of rotatable bonds is 9. The van der Waals surface area contributed by atoms with Crippen LogP contribution in [0.1, 0.15) is 37.0 Å². The second kappa shape index (κ2) is 8.37. The summed E-state index contributed by atoms with van der Waals surface area (Å²) in [6, 6.07) is 4.29. The Hall–Kier alpha value is -1.10. The summed E-state index contributed by atoms with van der Waals surface area (Å²) in [5.74, 6) is 0.930. The summed E-state index contributed by atoms with van der Waals surface area (Å²) in [4.78, 5) is 0. The summed E-state index contributed by atoms with van der Waals surface area (Å²) in [6.45, 7) is 10.6. The Kier molecular flexibility index (Phi) is 7.15. The molecule has 21 heavy (non-hydrogen) atoms. The standard InChI is InChI=1S/C17H29NO3/c1-13-10-15(12-18-7-9-20-5)11-14(2)16(13)21-8-6-17(3,4)19/h10-11,18-19H,6-9,12H2,1-5H3. The lowest BCUT2D eigenvalue weighted by Gasteiger charge is -2.19. The van der Waals surface area contributed by atoms with E-state index in [-0.39, 0.29) is 0 Å². The van der Waals surface area contributed by atoms with Crippen LogP contribution in [-0.2, 0) is 11.3 Å². The minimum Gasteiger partial charge on any atom is -0.493 e. The van der Waals surface area contributed by atoms with Crippen LogP contribution in [0.2, 0.25) is 0 Å². The Labute approximate surface area is 128 Å². The lowest BCUT2D eigenvalue weighted by atomic mass is 10.0. The summed E-state index contributed by atoms with van der Waals surface area (Å²) >= 11 is 0. The monoisotopic (exact) mass is 295 g/mol. The molecule has 1 aromatic rings. The highest BCUT2D eigenvalue weighted by molar-refractivity contribution is 5.43. The van der Waals surface area contributed by atoms with Gasteiger partial charge in [0, 0.05) is 26.6 Å². The van der Waals surface area contributed by atoms with Crippen molar-refractivity contribution in [2.75, 3.05) is 26.9 Å². The molecule has 0 bridgehead atoms. The smallest absolute Gasteiger partial charge is 0.125 e. The minimum absolute atomic E-state index is 0.524. The van der Waals surface area contributed by atoms with E-state index in [0.29, 0.717) is 13.0 Å². The van der Waals surface area contributed by atoms with E-state index in [1.54, 1.807) is 21.0 Å². The molecule has 4 nitrogen and oxygen atoms in total. The second-order valence-corrected chi connectivity index (χ2v) is 6.14. The first-order chi connectivity index (χ1) is 9.83. The molecule has 0 aliphatic heterocycles. The van der Waals surface area contributed by atoms with Crippen LogP contribution < -0.4 is 10.1 Å². The summed E-state index contributed by atoms with van der Waals surface area (Å²) in [5, 5.41) is 13.1. The molecule has 0 saturated carbocycles.